The van der Waals surface area contributed by atoms with Crippen LogP contribution in [0.3, 0.4) is 0 Å². The third-order valence-corrected chi connectivity index (χ3v) is 4.60. The van der Waals surface area contributed by atoms with E-state index in [1.165, 1.54) is 27.8 Å². The molecule has 2 aliphatic carbocycles. The standard InChI is InChI=1S/C19H20/c1-4-14-10-18(11-15(14)5-2)19(3)12-16-8-6-7-9-17(16)13-19/h4-10H,1-2,11-13H2,3H3. The highest BCUT2D eigenvalue weighted by Crippen LogP contribution is 2.47. The summed E-state index contributed by atoms with van der Waals surface area (Å²) >= 11 is 0. The van der Waals surface area contributed by atoms with E-state index in [4.69, 9.17) is 0 Å². The summed E-state index contributed by atoms with van der Waals surface area (Å²) in [6, 6.07) is 8.84. The Kier molecular flexibility index (Phi) is 2.82. The summed E-state index contributed by atoms with van der Waals surface area (Å²) in [5, 5.41) is 0. The molecule has 0 bridgehead atoms. The van der Waals surface area contributed by atoms with Gasteiger partial charge in [0.15, 0.2) is 0 Å². The lowest BCUT2D eigenvalue weighted by atomic mass is 9.78. The molecule has 1 aromatic carbocycles. The third-order valence-electron chi connectivity index (χ3n) is 4.60. The quantitative estimate of drug-likeness (QED) is 0.721. The maximum Gasteiger partial charge on any atom is -0.00288 e. The lowest BCUT2D eigenvalue weighted by Gasteiger charge is -2.26. The molecule has 1 aromatic rings. The van der Waals surface area contributed by atoms with Gasteiger partial charge in [-0.15, -0.1) is 0 Å². The fourth-order valence-electron chi connectivity index (χ4n) is 3.44. The first-order valence-electron chi connectivity index (χ1n) is 6.92. The Labute approximate surface area is 115 Å². The Morgan fingerprint density at radius 1 is 1.05 bits per heavy atom. The zero-order chi connectivity index (χ0) is 13.5. The van der Waals surface area contributed by atoms with Crippen LogP contribution in [-0.2, 0) is 12.8 Å². The highest BCUT2D eigenvalue weighted by atomic mass is 14.4. The van der Waals surface area contributed by atoms with Crippen LogP contribution in [0.1, 0.15) is 24.5 Å². The van der Waals surface area contributed by atoms with Gasteiger partial charge in [-0.25, -0.2) is 0 Å². The molecule has 19 heavy (non-hydrogen) atoms. The summed E-state index contributed by atoms with van der Waals surface area (Å²) in [7, 11) is 0. The molecule has 0 radical (unpaired) electrons. The molecular formula is C19H20. The second kappa shape index (κ2) is 4.38. The van der Waals surface area contributed by atoms with E-state index in [1.54, 1.807) is 0 Å². The summed E-state index contributed by atoms with van der Waals surface area (Å²) < 4.78 is 0. The molecule has 0 amide bonds. The minimum Gasteiger partial charge on any atom is -0.0988 e. The fourth-order valence-corrected chi connectivity index (χ4v) is 3.44. The Morgan fingerprint density at radius 2 is 1.68 bits per heavy atom. The van der Waals surface area contributed by atoms with E-state index in [1.807, 2.05) is 12.2 Å². The average molecular weight is 248 g/mol. The molecule has 0 heteroatoms. The van der Waals surface area contributed by atoms with Gasteiger partial charge in [0.25, 0.3) is 0 Å². The van der Waals surface area contributed by atoms with Gasteiger partial charge in [-0.3, -0.25) is 0 Å². The van der Waals surface area contributed by atoms with Crippen molar-refractivity contribution in [3.63, 3.8) is 0 Å². The summed E-state index contributed by atoms with van der Waals surface area (Å²) in [6.45, 7) is 10.2. The van der Waals surface area contributed by atoms with Crippen molar-refractivity contribution in [2.45, 2.75) is 26.2 Å². The lowest BCUT2D eigenvalue weighted by Crippen LogP contribution is -2.19. The molecule has 0 N–H and O–H groups in total. The van der Waals surface area contributed by atoms with Gasteiger partial charge in [0.05, 0.1) is 0 Å². The zero-order valence-electron chi connectivity index (χ0n) is 11.6. The van der Waals surface area contributed by atoms with Crippen molar-refractivity contribution in [2.75, 3.05) is 0 Å². The van der Waals surface area contributed by atoms with Gasteiger partial charge in [-0.05, 0) is 47.0 Å². The smallest absolute Gasteiger partial charge is 0.00288 e. The van der Waals surface area contributed by atoms with Gasteiger partial charge in [0, 0.05) is 0 Å². The number of hydrogen-bond donors (Lipinski definition) is 0. The predicted molar refractivity (Wildman–Crippen MR) is 82.1 cm³/mol. The summed E-state index contributed by atoms with van der Waals surface area (Å²) in [5.41, 5.74) is 7.40. The molecule has 0 aromatic heterocycles. The van der Waals surface area contributed by atoms with Crippen LogP contribution in [0.25, 0.3) is 0 Å². The van der Waals surface area contributed by atoms with Crippen LogP contribution in [0.2, 0.25) is 0 Å². The van der Waals surface area contributed by atoms with E-state index in [2.05, 4.69) is 50.4 Å². The number of rotatable bonds is 3. The topological polar surface area (TPSA) is 0 Å². The van der Waals surface area contributed by atoms with E-state index in [0.29, 0.717) is 0 Å². The zero-order valence-corrected chi connectivity index (χ0v) is 11.6. The predicted octanol–water partition coefficient (Wildman–Crippen LogP) is 4.79. The molecule has 0 fully saturated rings. The second-order valence-electron chi connectivity index (χ2n) is 5.92. The van der Waals surface area contributed by atoms with Gasteiger partial charge < -0.3 is 0 Å². The Morgan fingerprint density at radius 3 is 2.16 bits per heavy atom. The average Bonchev–Trinajstić information content (AvgIpc) is 2.98. The van der Waals surface area contributed by atoms with Crippen LogP contribution in [0.15, 0.2) is 72.4 Å². The van der Waals surface area contributed by atoms with Crippen LogP contribution in [0.4, 0.5) is 0 Å². The molecule has 0 spiro atoms. The van der Waals surface area contributed by atoms with Crippen molar-refractivity contribution in [1.82, 2.24) is 0 Å². The minimum atomic E-state index is 0.267. The van der Waals surface area contributed by atoms with Crippen molar-refractivity contribution in [3.05, 3.63) is 83.5 Å². The summed E-state index contributed by atoms with van der Waals surface area (Å²) in [6.07, 6.45) is 9.61. The lowest BCUT2D eigenvalue weighted by molar-refractivity contribution is 0.418. The Hall–Kier alpha value is -1.82. The first-order valence-corrected chi connectivity index (χ1v) is 6.92. The molecule has 0 saturated carbocycles. The highest BCUT2D eigenvalue weighted by molar-refractivity contribution is 5.52. The maximum absolute atomic E-state index is 3.93. The molecule has 3 rings (SSSR count). The minimum absolute atomic E-state index is 0.267. The molecule has 0 saturated heterocycles. The third kappa shape index (κ3) is 1.92. The van der Waals surface area contributed by atoms with Crippen LogP contribution < -0.4 is 0 Å². The van der Waals surface area contributed by atoms with Crippen molar-refractivity contribution < 1.29 is 0 Å². The van der Waals surface area contributed by atoms with Crippen LogP contribution in [-0.4, -0.2) is 0 Å². The molecule has 0 heterocycles. The van der Waals surface area contributed by atoms with Crippen molar-refractivity contribution in [1.29, 1.82) is 0 Å². The van der Waals surface area contributed by atoms with E-state index < -0.39 is 0 Å². The summed E-state index contributed by atoms with van der Waals surface area (Å²) in [5.74, 6) is 0. The Bertz CT molecular complexity index is 586. The molecule has 0 atom stereocenters. The number of fused-ring (bicyclic) bond motifs is 1. The van der Waals surface area contributed by atoms with E-state index in [9.17, 15) is 0 Å². The molecular weight excluding hydrogens is 228 g/mol. The second-order valence-corrected chi connectivity index (χ2v) is 5.92. The van der Waals surface area contributed by atoms with E-state index in [0.717, 1.165) is 19.3 Å². The van der Waals surface area contributed by atoms with E-state index in [-0.39, 0.29) is 5.41 Å². The fraction of sp³-hybridized carbons (Fsp3) is 0.263. The van der Waals surface area contributed by atoms with Gasteiger partial charge >= 0.3 is 0 Å². The molecule has 0 nitrogen and oxygen atoms in total. The van der Waals surface area contributed by atoms with Crippen molar-refractivity contribution >= 4 is 0 Å². The van der Waals surface area contributed by atoms with Gasteiger partial charge in [-0.1, -0.05) is 68.1 Å². The number of allylic oxidation sites excluding steroid dienone is 6. The molecule has 0 unspecified atom stereocenters. The number of hydrogen-bond acceptors (Lipinski definition) is 0. The summed E-state index contributed by atoms with van der Waals surface area (Å²) in [4.78, 5) is 0. The van der Waals surface area contributed by atoms with Crippen LogP contribution in [0, 0.1) is 5.41 Å². The normalized spacial score (nSPS) is 20.2. The largest absolute Gasteiger partial charge is 0.0988 e. The Balaban J connectivity index is 1.91. The van der Waals surface area contributed by atoms with Crippen LogP contribution >= 0.6 is 0 Å². The maximum atomic E-state index is 3.93. The van der Waals surface area contributed by atoms with E-state index >= 15 is 0 Å². The van der Waals surface area contributed by atoms with Crippen molar-refractivity contribution in [3.8, 4) is 0 Å². The van der Waals surface area contributed by atoms with Gasteiger partial charge in [0.1, 0.15) is 0 Å². The molecule has 0 aliphatic heterocycles. The van der Waals surface area contributed by atoms with Crippen molar-refractivity contribution in [2.24, 2.45) is 5.41 Å². The molecule has 96 valence electrons. The van der Waals surface area contributed by atoms with Crippen LogP contribution in [0.5, 0.6) is 0 Å². The van der Waals surface area contributed by atoms with Gasteiger partial charge in [0.2, 0.25) is 0 Å². The monoisotopic (exact) mass is 248 g/mol. The SMILES string of the molecule is C=CC1=C(C=C)CC(C2(C)Cc3ccccc3C2)=C1. The van der Waals surface area contributed by atoms with Gasteiger partial charge in [-0.2, -0.15) is 0 Å². The highest BCUT2D eigenvalue weighted by Gasteiger charge is 2.37. The molecule has 2 aliphatic rings. The number of benzene rings is 1. The first kappa shape index (κ1) is 12.2. The first-order chi connectivity index (χ1) is 9.16.